The molecular weight excluding hydrogens is 431 g/mol. The van der Waals surface area contributed by atoms with Crippen LogP contribution >= 0.6 is 22.6 Å². The molecule has 6 nitrogen and oxygen atoms in total. The summed E-state index contributed by atoms with van der Waals surface area (Å²) >= 11 is 2.11. The van der Waals surface area contributed by atoms with E-state index in [9.17, 15) is 13.2 Å². The van der Waals surface area contributed by atoms with Gasteiger partial charge in [-0.2, -0.15) is 0 Å². The van der Waals surface area contributed by atoms with Crippen LogP contribution in [0.1, 0.15) is 5.56 Å². The highest BCUT2D eigenvalue weighted by molar-refractivity contribution is 14.1. The molecule has 23 heavy (non-hydrogen) atoms. The minimum atomic E-state index is -3.84. The van der Waals surface area contributed by atoms with E-state index in [1.165, 1.54) is 6.07 Å². The van der Waals surface area contributed by atoms with Gasteiger partial charge in [-0.3, -0.25) is 4.79 Å². The number of nitrogens with one attached hydrogen (secondary N) is 1. The molecule has 122 valence electrons. The maximum Gasteiger partial charge on any atom is 0.262 e. The normalized spacial score (nSPS) is 11.1. The second kappa shape index (κ2) is 7.28. The number of sulfonamides is 1. The van der Waals surface area contributed by atoms with Gasteiger partial charge in [-0.05, 0) is 59.3 Å². The maximum atomic E-state index is 11.9. The maximum absolute atomic E-state index is 11.9. The number of ether oxygens (including phenoxy) is 1. The predicted molar refractivity (Wildman–Crippen MR) is 95.8 cm³/mol. The number of rotatable bonds is 5. The third-order valence-electron chi connectivity index (χ3n) is 2.97. The molecule has 0 saturated carbocycles. The van der Waals surface area contributed by atoms with E-state index in [2.05, 4.69) is 27.9 Å². The first-order valence-electron chi connectivity index (χ1n) is 6.58. The minimum absolute atomic E-state index is 0.0196. The highest BCUT2D eigenvalue weighted by Crippen LogP contribution is 2.20. The van der Waals surface area contributed by atoms with E-state index in [0.29, 0.717) is 17.0 Å². The molecule has 0 aromatic heterocycles. The first kappa shape index (κ1) is 17.7. The van der Waals surface area contributed by atoms with Gasteiger partial charge in [0.25, 0.3) is 5.91 Å². The second-order valence-corrected chi connectivity index (χ2v) is 7.48. The van der Waals surface area contributed by atoms with E-state index < -0.39 is 15.9 Å². The molecule has 0 radical (unpaired) electrons. The molecule has 2 aromatic rings. The summed E-state index contributed by atoms with van der Waals surface area (Å²) in [6.45, 7) is 1.45. The lowest BCUT2D eigenvalue weighted by atomic mass is 10.2. The summed E-state index contributed by atoms with van der Waals surface area (Å²) in [6.07, 6.45) is 0. The van der Waals surface area contributed by atoms with Crippen LogP contribution in [0.2, 0.25) is 0 Å². The number of anilines is 1. The van der Waals surface area contributed by atoms with Crippen LogP contribution in [0, 0.1) is 10.5 Å². The van der Waals surface area contributed by atoms with E-state index >= 15 is 0 Å². The second-order valence-electron chi connectivity index (χ2n) is 4.79. The number of benzene rings is 2. The molecular formula is C15H15IN2O4S. The van der Waals surface area contributed by atoms with Gasteiger partial charge in [0.05, 0.1) is 8.47 Å². The number of hydrogen-bond donors (Lipinski definition) is 2. The number of para-hydroxylation sites is 1. The molecule has 0 spiro atoms. The number of primary sulfonamides is 1. The fourth-order valence-electron chi connectivity index (χ4n) is 1.89. The highest BCUT2D eigenvalue weighted by Gasteiger charge is 2.13. The Labute approximate surface area is 148 Å². The first-order valence-corrected chi connectivity index (χ1v) is 9.20. The largest absolute Gasteiger partial charge is 0.483 e. The van der Waals surface area contributed by atoms with Crippen LogP contribution in [0.4, 0.5) is 5.69 Å². The smallest absolute Gasteiger partial charge is 0.262 e. The number of amides is 1. The zero-order chi connectivity index (χ0) is 17.0. The van der Waals surface area contributed by atoms with Crippen molar-refractivity contribution in [3.8, 4) is 5.75 Å². The van der Waals surface area contributed by atoms with E-state index in [1.807, 2.05) is 18.2 Å². The van der Waals surface area contributed by atoms with Gasteiger partial charge in [-0.15, -0.1) is 0 Å². The van der Waals surface area contributed by atoms with E-state index in [-0.39, 0.29) is 11.5 Å². The van der Waals surface area contributed by atoms with Crippen LogP contribution < -0.4 is 15.2 Å². The molecule has 0 aliphatic rings. The Kier molecular flexibility index (Phi) is 5.60. The average molecular weight is 446 g/mol. The molecule has 3 N–H and O–H groups in total. The summed E-state index contributed by atoms with van der Waals surface area (Å²) in [4.78, 5) is 11.9. The van der Waals surface area contributed by atoms with Gasteiger partial charge in [-0.25, -0.2) is 13.6 Å². The molecule has 0 aliphatic carbocycles. The Hall–Kier alpha value is -1.65. The molecule has 0 unspecified atom stereocenters. The van der Waals surface area contributed by atoms with Crippen molar-refractivity contribution in [2.45, 2.75) is 11.8 Å². The average Bonchev–Trinajstić information content (AvgIpc) is 2.47. The van der Waals surface area contributed by atoms with Crippen LogP contribution in [0.25, 0.3) is 0 Å². The van der Waals surface area contributed by atoms with Gasteiger partial charge in [0, 0.05) is 5.69 Å². The van der Waals surface area contributed by atoms with E-state index in [1.54, 1.807) is 25.1 Å². The summed E-state index contributed by atoms with van der Waals surface area (Å²) in [6, 6.07) is 11.8. The summed E-state index contributed by atoms with van der Waals surface area (Å²) in [5.74, 6) is 0.214. The van der Waals surface area contributed by atoms with Crippen molar-refractivity contribution < 1.29 is 17.9 Å². The van der Waals surface area contributed by atoms with Gasteiger partial charge < -0.3 is 10.1 Å². The lowest BCUT2D eigenvalue weighted by molar-refractivity contribution is -0.118. The molecule has 0 saturated heterocycles. The Bertz CT molecular complexity index is 837. The monoisotopic (exact) mass is 446 g/mol. The zero-order valence-electron chi connectivity index (χ0n) is 12.2. The SMILES string of the molecule is Cc1ccc(NC(=O)COc2ccccc2I)cc1S(N)(=O)=O. The Morgan fingerprint density at radius 3 is 2.61 bits per heavy atom. The fourth-order valence-corrected chi connectivity index (χ4v) is 3.24. The summed E-state index contributed by atoms with van der Waals surface area (Å²) < 4.78 is 29.3. The van der Waals surface area contributed by atoms with Crippen molar-refractivity contribution in [1.82, 2.24) is 0 Å². The molecule has 0 atom stereocenters. The molecule has 2 aromatic carbocycles. The van der Waals surface area contributed by atoms with Gasteiger partial charge >= 0.3 is 0 Å². The minimum Gasteiger partial charge on any atom is -0.483 e. The molecule has 0 fully saturated rings. The van der Waals surface area contributed by atoms with Crippen molar-refractivity contribution in [2.75, 3.05) is 11.9 Å². The summed E-state index contributed by atoms with van der Waals surface area (Å²) in [5.41, 5.74) is 0.858. The number of nitrogens with two attached hydrogens (primary N) is 1. The lowest BCUT2D eigenvalue weighted by Gasteiger charge is -2.10. The summed E-state index contributed by atoms with van der Waals surface area (Å²) in [7, 11) is -3.84. The number of aryl methyl sites for hydroxylation is 1. The van der Waals surface area contributed by atoms with Crippen molar-refractivity contribution in [1.29, 1.82) is 0 Å². The number of carbonyl (C=O) groups is 1. The molecule has 0 heterocycles. The number of hydrogen-bond acceptors (Lipinski definition) is 4. The third kappa shape index (κ3) is 4.91. The summed E-state index contributed by atoms with van der Waals surface area (Å²) in [5, 5.41) is 7.73. The van der Waals surface area contributed by atoms with Crippen molar-refractivity contribution in [3.05, 3.63) is 51.6 Å². The predicted octanol–water partition coefficient (Wildman–Crippen LogP) is 2.26. The molecule has 8 heteroatoms. The number of halogens is 1. The highest BCUT2D eigenvalue weighted by atomic mass is 127. The topological polar surface area (TPSA) is 98.5 Å². The van der Waals surface area contributed by atoms with Crippen LogP contribution in [0.5, 0.6) is 5.75 Å². The lowest BCUT2D eigenvalue weighted by Crippen LogP contribution is -2.21. The Morgan fingerprint density at radius 2 is 1.96 bits per heavy atom. The van der Waals surface area contributed by atoms with Crippen LogP contribution in [0.15, 0.2) is 47.4 Å². The standard InChI is InChI=1S/C15H15IN2O4S/c1-10-6-7-11(8-14(10)23(17,20)21)18-15(19)9-22-13-5-3-2-4-12(13)16/h2-8H,9H2,1H3,(H,18,19)(H2,17,20,21). The molecule has 0 bridgehead atoms. The van der Waals surface area contributed by atoms with Crippen molar-refractivity contribution in [3.63, 3.8) is 0 Å². The van der Waals surface area contributed by atoms with E-state index in [0.717, 1.165) is 3.57 Å². The fraction of sp³-hybridized carbons (Fsp3) is 0.133. The van der Waals surface area contributed by atoms with Crippen LogP contribution in [-0.4, -0.2) is 20.9 Å². The van der Waals surface area contributed by atoms with Crippen LogP contribution in [0.3, 0.4) is 0 Å². The Morgan fingerprint density at radius 1 is 1.26 bits per heavy atom. The molecule has 1 amide bonds. The Balaban J connectivity index is 2.05. The van der Waals surface area contributed by atoms with Gasteiger partial charge in [-0.1, -0.05) is 18.2 Å². The third-order valence-corrected chi connectivity index (χ3v) is 4.92. The quantitative estimate of drug-likeness (QED) is 0.689. The number of carbonyl (C=O) groups excluding carboxylic acids is 1. The van der Waals surface area contributed by atoms with Gasteiger partial charge in [0.15, 0.2) is 6.61 Å². The molecule has 0 aliphatic heterocycles. The van der Waals surface area contributed by atoms with Crippen molar-refractivity contribution >= 4 is 44.2 Å². The zero-order valence-corrected chi connectivity index (χ0v) is 15.2. The van der Waals surface area contributed by atoms with Gasteiger partial charge in [0.1, 0.15) is 5.75 Å². The van der Waals surface area contributed by atoms with Gasteiger partial charge in [0.2, 0.25) is 10.0 Å². The van der Waals surface area contributed by atoms with E-state index in [4.69, 9.17) is 9.88 Å². The van der Waals surface area contributed by atoms with Crippen LogP contribution in [-0.2, 0) is 14.8 Å². The van der Waals surface area contributed by atoms with Crippen molar-refractivity contribution in [2.24, 2.45) is 5.14 Å². The first-order chi connectivity index (χ1) is 10.8. The molecule has 2 rings (SSSR count).